The van der Waals surface area contributed by atoms with Gasteiger partial charge in [-0.3, -0.25) is 0 Å². The van der Waals surface area contributed by atoms with Crippen molar-refractivity contribution in [2.45, 2.75) is 38.1 Å². The molecule has 94 valence electrons. The monoisotopic (exact) mass is 238 g/mol. The average molecular weight is 238 g/mol. The Labute approximate surface area is 101 Å². The number of halogens is 1. The third kappa shape index (κ3) is 3.36. The van der Waals surface area contributed by atoms with E-state index in [2.05, 4.69) is 15.3 Å². The molecule has 17 heavy (non-hydrogen) atoms. The normalized spacial score (nSPS) is 18.9. The minimum Gasteiger partial charge on any atom is -0.350 e. The molecule has 0 radical (unpaired) electrons. The zero-order valence-corrected chi connectivity index (χ0v) is 9.90. The zero-order valence-electron chi connectivity index (χ0n) is 9.90. The number of nitrogens with two attached hydrogens (primary N) is 1. The molecule has 1 atom stereocenters. The van der Waals surface area contributed by atoms with Gasteiger partial charge in [0, 0.05) is 12.6 Å². The standard InChI is InChI=1S/C12H19FN4/c13-10-7-15-12(16-8-10)17-11(6-14)9-4-2-1-3-5-9/h7-9,11H,1-6,14H2,(H,15,16,17). The molecule has 0 saturated heterocycles. The van der Waals surface area contributed by atoms with E-state index < -0.39 is 5.82 Å². The summed E-state index contributed by atoms with van der Waals surface area (Å²) in [5.74, 6) is 0.632. The molecular formula is C12H19FN4. The van der Waals surface area contributed by atoms with Gasteiger partial charge in [0.05, 0.1) is 12.4 Å². The Kier molecular flexibility index (Phi) is 4.25. The van der Waals surface area contributed by atoms with Crippen LogP contribution in [0.5, 0.6) is 0 Å². The highest BCUT2D eigenvalue weighted by molar-refractivity contribution is 5.25. The van der Waals surface area contributed by atoms with Crippen LogP contribution < -0.4 is 11.1 Å². The third-order valence-corrected chi connectivity index (χ3v) is 3.41. The Bertz CT molecular complexity index is 335. The molecule has 1 heterocycles. The molecule has 2 rings (SSSR count). The fourth-order valence-electron chi connectivity index (χ4n) is 2.46. The van der Waals surface area contributed by atoms with Gasteiger partial charge in [-0.1, -0.05) is 19.3 Å². The van der Waals surface area contributed by atoms with Crippen molar-refractivity contribution in [2.75, 3.05) is 11.9 Å². The maximum Gasteiger partial charge on any atom is 0.223 e. The van der Waals surface area contributed by atoms with Gasteiger partial charge in [0.25, 0.3) is 0 Å². The molecule has 0 spiro atoms. The molecule has 4 nitrogen and oxygen atoms in total. The SMILES string of the molecule is NCC(Nc1ncc(F)cn1)C1CCCCC1. The first-order valence-electron chi connectivity index (χ1n) is 6.23. The summed E-state index contributed by atoms with van der Waals surface area (Å²) >= 11 is 0. The van der Waals surface area contributed by atoms with Gasteiger partial charge in [-0.05, 0) is 18.8 Å². The first kappa shape index (κ1) is 12.2. The Morgan fingerprint density at radius 3 is 2.53 bits per heavy atom. The number of aromatic nitrogens is 2. The summed E-state index contributed by atoms with van der Waals surface area (Å²) in [4.78, 5) is 7.82. The summed E-state index contributed by atoms with van der Waals surface area (Å²) in [5, 5.41) is 3.21. The Balaban J connectivity index is 1.96. The highest BCUT2D eigenvalue weighted by Crippen LogP contribution is 2.27. The van der Waals surface area contributed by atoms with Crippen LogP contribution in [-0.4, -0.2) is 22.6 Å². The first-order valence-corrected chi connectivity index (χ1v) is 6.23. The minimum absolute atomic E-state index is 0.195. The predicted octanol–water partition coefficient (Wildman–Crippen LogP) is 1.94. The van der Waals surface area contributed by atoms with Crippen molar-refractivity contribution in [3.63, 3.8) is 0 Å². The molecule has 0 aliphatic heterocycles. The molecule has 1 fully saturated rings. The lowest BCUT2D eigenvalue weighted by molar-refractivity contribution is 0.319. The largest absolute Gasteiger partial charge is 0.350 e. The lowest BCUT2D eigenvalue weighted by Gasteiger charge is -2.29. The summed E-state index contributed by atoms with van der Waals surface area (Å²) in [6.07, 6.45) is 8.61. The fraction of sp³-hybridized carbons (Fsp3) is 0.667. The summed E-state index contributed by atoms with van der Waals surface area (Å²) < 4.78 is 12.7. The molecule has 1 aliphatic carbocycles. The van der Waals surface area contributed by atoms with E-state index in [0.717, 1.165) is 0 Å². The molecule has 3 N–H and O–H groups in total. The van der Waals surface area contributed by atoms with Gasteiger partial charge in [-0.25, -0.2) is 14.4 Å². The second-order valence-corrected chi connectivity index (χ2v) is 4.61. The van der Waals surface area contributed by atoms with Gasteiger partial charge in [0.1, 0.15) is 0 Å². The summed E-state index contributed by atoms with van der Waals surface area (Å²) in [6.45, 7) is 0.561. The van der Waals surface area contributed by atoms with Gasteiger partial charge >= 0.3 is 0 Å². The highest BCUT2D eigenvalue weighted by Gasteiger charge is 2.22. The average Bonchev–Trinajstić information content (AvgIpc) is 2.39. The molecular weight excluding hydrogens is 219 g/mol. The van der Waals surface area contributed by atoms with Crippen LogP contribution in [0.1, 0.15) is 32.1 Å². The van der Waals surface area contributed by atoms with Crippen LogP contribution in [0.25, 0.3) is 0 Å². The zero-order chi connectivity index (χ0) is 12.1. The van der Waals surface area contributed by atoms with Gasteiger partial charge in [0.15, 0.2) is 5.82 Å². The number of nitrogens with one attached hydrogen (secondary N) is 1. The van der Waals surface area contributed by atoms with Gasteiger partial charge in [-0.2, -0.15) is 0 Å². The van der Waals surface area contributed by atoms with Gasteiger partial charge in [0.2, 0.25) is 5.95 Å². The highest BCUT2D eigenvalue weighted by atomic mass is 19.1. The van der Waals surface area contributed by atoms with Crippen molar-refractivity contribution in [3.05, 3.63) is 18.2 Å². The molecule has 0 bridgehead atoms. The quantitative estimate of drug-likeness (QED) is 0.841. The van der Waals surface area contributed by atoms with E-state index in [9.17, 15) is 4.39 Å². The summed E-state index contributed by atoms with van der Waals surface area (Å²) in [5.41, 5.74) is 5.79. The Morgan fingerprint density at radius 2 is 1.94 bits per heavy atom. The number of nitrogens with zero attached hydrogens (tertiary/aromatic N) is 2. The van der Waals surface area contributed by atoms with Crippen molar-refractivity contribution in [2.24, 2.45) is 11.7 Å². The molecule has 1 aromatic rings. The van der Waals surface area contributed by atoms with E-state index in [-0.39, 0.29) is 6.04 Å². The van der Waals surface area contributed by atoms with Crippen LogP contribution in [0.2, 0.25) is 0 Å². The fourth-order valence-corrected chi connectivity index (χ4v) is 2.46. The van der Waals surface area contributed by atoms with Crippen molar-refractivity contribution in [1.82, 2.24) is 9.97 Å². The first-order chi connectivity index (χ1) is 8.29. The molecule has 0 aromatic carbocycles. The van der Waals surface area contributed by atoms with E-state index in [4.69, 9.17) is 5.73 Å². The number of rotatable bonds is 4. The smallest absolute Gasteiger partial charge is 0.223 e. The van der Waals surface area contributed by atoms with Crippen molar-refractivity contribution in [1.29, 1.82) is 0 Å². The van der Waals surface area contributed by atoms with Crippen LogP contribution >= 0.6 is 0 Å². The topological polar surface area (TPSA) is 63.8 Å². The van der Waals surface area contributed by atoms with E-state index >= 15 is 0 Å². The molecule has 0 amide bonds. The lowest BCUT2D eigenvalue weighted by atomic mass is 9.84. The van der Waals surface area contributed by atoms with Crippen LogP contribution in [0, 0.1) is 11.7 Å². The van der Waals surface area contributed by atoms with E-state index in [1.165, 1.54) is 44.5 Å². The molecule has 1 unspecified atom stereocenters. The maximum atomic E-state index is 12.7. The van der Waals surface area contributed by atoms with Crippen LogP contribution in [-0.2, 0) is 0 Å². The molecule has 5 heteroatoms. The number of anilines is 1. The summed E-state index contributed by atoms with van der Waals surface area (Å²) in [6, 6.07) is 0.195. The number of hydrogen-bond acceptors (Lipinski definition) is 4. The van der Waals surface area contributed by atoms with Crippen LogP contribution in [0.4, 0.5) is 10.3 Å². The van der Waals surface area contributed by atoms with E-state index in [1.54, 1.807) is 0 Å². The maximum absolute atomic E-state index is 12.7. The van der Waals surface area contributed by atoms with E-state index in [0.29, 0.717) is 18.4 Å². The Hall–Kier alpha value is -1.23. The number of hydrogen-bond donors (Lipinski definition) is 2. The third-order valence-electron chi connectivity index (χ3n) is 3.41. The molecule has 1 saturated carbocycles. The van der Waals surface area contributed by atoms with Crippen LogP contribution in [0.3, 0.4) is 0 Å². The van der Waals surface area contributed by atoms with Crippen molar-refractivity contribution < 1.29 is 4.39 Å². The molecule has 1 aliphatic rings. The molecule has 1 aromatic heterocycles. The van der Waals surface area contributed by atoms with Gasteiger partial charge in [-0.15, -0.1) is 0 Å². The second kappa shape index (κ2) is 5.91. The van der Waals surface area contributed by atoms with Gasteiger partial charge < -0.3 is 11.1 Å². The van der Waals surface area contributed by atoms with E-state index in [1.807, 2.05) is 0 Å². The Morgan fingerprint density at radius 1 is 1.29 bits per heavy atom. The lowest BCUT2D eigenvalue weighted by Crippen LogP contribution is -2.37. The summed E-state index contributed by atoms with van der Waals surface area (Å²) in [7, 11) is 0. The second-order valence-electron chi connectivity index (χ2n) is 4.61. The van der Waals surface area contributed by atoms with Crippen molar-refractivity contribution >= 4 is 5.95 Å². The predicted molar refractivity (Wildman–Crippen MR) is 65.0 cm³/mol. The van der Waals surface area contributed by atoms with Crippen LogP contribution in [0.15, 0.2) is 12.4 Å². The van der Waals surface area contributed by atoms with Crippen molar-refractivity contribution in [3.8, 4) is 0 Å². The minimum atomic E-state index is -0.419.